The van der Waals surface area contributed by atoms with E-state index in [1.165, 1.54) is 34.1 Å². The van der Waals surface area contributed by atoms with Gasteiger partial charge in [-0.25, -0.2) is 0 Å². The summed E-state index contributed by atoms with van der Waals surface area (Å²) in [7, 11) is 0. The van der Waals surface area contributed by atoms with Crippen LogP contribution in [-0.4, -0.2) is 21.5 Å². The smallest absolute Gasteiger partial charge is 0.272 e. The third-order valence-corrected chi connectivity index (χ3v) is 5.23. The fraction of sp³-hybridized carbons (Fsp3) is 0.471. The van der Waals surface area contributed by atoms with Crippen LogP contribution in [0.25, 0.3) is 0 Å². The van der Waals surface area contributed by atoms with E-state index in [0.717, 1.165) is 22.1 Å². The molecule has 134 valence electrons. The molecule has 0 aliphatic heterocycles. The number of thioether (sulfide) groups is 1. The number of carbonyl (C=O) groups excluding carboxylic acids is 1. The average molecular weight is 377 g/mol. The molecule has 0 aliphatic rings. The summed E-state index contributed by atoms with van der Waals surface area (Å²) in [6.07, 6.45) is -4.48. The Morgan fingerprint density at radius 1 is 1.21 bits per heavy atom. The average Bonchev–Trinajstić information content (AvgIpc) is 2.41. The van der Waals surface area contributed by atoms with Crippen molar-refractivity contribution < 1.29 is 18.0 Å². The SMILES string of the molecule is C=C(SCC)SN(C(=O)c1cc(C)cc(C(F)(F)F)c1)C(C)(C)C. The van der Waals surface area contributed by atoms with Crippen LogP contribution in [0.3, 0.4) is 0 Å². The first-order chi connectivity index (χ1) is 10.9. The van der Waals surface area contributed by atoms with Crippen molar-refractivity contribution in [3.8, 4) is 0 Å². The van der Waals surface area contributed by atoms with Gasteiger partial charge in [-0.15, -0.1) is 11.8 Å². The highest BCUT2D eigenvalue weighted by atomic mass is 32.2. The standard InChI is InChI=1S/C17H22F3NOS2/c1-7-23-12(3)24-21(16(4,5)6)15(22)13-8-11(2)9-14(10-13)17(18,19)20/h8-10H,3,7H2,1-2,4-6H3. The second-order valence-corrected chi connectivity index (χ2v) is 8.91. The molecule has 7 heteroatoms. The summed E-state index contributed by atoms with van der Waals surface area (Å²) >= 11 is 2.66. The summed E-state index contributed by atoms with van der Waals surface area (Å²) in [5.74, 6) is 0.347. The van der Waals surface area contributed by atoms with Crippen molar-refractivity contribution in [3.63, 3.8) is 0 Å². The maximum atomic E-state index is 13.0. The lowest BCUT2D eigenvalue weighted by atomic mass is 10.0. The number of nitrogens with zero attached hydrogens (tertiary/aromatic N) is 1. The van der Waals surface area contributed by atoms with Gasteiger partial charge in [0.15, 0.2) is 0 Å². The Kier molecular flexibility index (Phi) is 6.87. The Morgan fingerprint density at radius 2 is 1.79 bits per heavy atom. The lowest BCUT2D eigenvalue weighted by Crippen LogP contribution is -2.40. The lowest BCUT2D eigenvalue weighted by molar-refractivity contribution is -0.137. The zero-order valence-corrected chi connectivity index (χ0v) is 16.1. The molecule has 0 N–H and O–H groups in total. The normalized spacial score (nSPS) is 12.2. The summed E-state index contributed by atoms with van der Waals surface area (Å²) in [5.41, 5.74) is -0.958. The van der Waals surface area contributed by atoms with Gasteiger partial charge in [0.1, 0.15) is 0 Å². The quantitative estimate of drug-likeness (QED) is 0.576. The molecule has 0 aromatic heterocycles. The van der Waals surface area contributed by atoms with E-state index in [1.54, 1.807) is 6.92 Å². The first-order valence-electron chi connectivity index (χ1n) is 7.39. The van der Waals surface area contributed by atoms with Crippen LogP contribution in [0.4, 0.5) is 13.2 Å². The minimum atomic E-state index is -4.48. The number of hydrogen-bond donors (Lipinski definition) is 0. The molecule has 1 amide bonds. The Morgan fingerprint density at radius 3 is 2.25 bits per heavy atom. The fourth-order valence-electron chi connectivity index (χ4n) is 1.96. The molecule has 0 atom stereocenters. The summed E-state index contributed by atoms with van der Waals surface area (Å²) in [4.78, 5) is 12.9. The second kappa shape index (κ2) is 7.87. The van der Waals surface area contributed by atoms with Crippen LogP contribution in [0.5, 0.6) is 0 Å². The molecule has 1 aromatic rings. The van der Waals surface area contributed by atoms with Crippen molar-refractivity contribution in [2.75, 3.05) is 5.75 Å². The van der Waals surface area contributed by atoms with E-state index in [1.807, 2.05) is 27.7 Å². The van der Waals surface area contributed by atoms with Crippen molar-refractivity contribution in [2.45, 2.75) is 46.3 Å². The molecule has 0 aliphatic carbocycles. The summed E-state index contributed by atoms with van der Waals surface area (Å²) in [5, 5.41) is 0. The van der Waals surface area contributed by atoms with E-state index in [2.05, 4.69) is 6.58 Å². The Balaban J connectivity index is 3.24. The van der Waals surface area contributed by atoms with E-state index < -0.39 is 23.2 Å². The van der Waals surface area contributed by atoms with Crippen LogP contribution in [0, 0.1) is 6.92 Å². The fourth-order valence-corrected chi connectivity index (χ4v) is 3.74. The third-order valence-electron chi connectivity index (χ3n) is 2.94. The van der Waals surface area contributed by atoms with Crippen molar-refractivity contribution in [3.05, 3.63) is 45.7 Å². The number of aryl methyl sites for hydroxylation is 1. The highest BCUT2D eigenvalue weighted by Gasteiger charge is 2.34. The molecule has 0 heterocycles. The maximum Gasteiger partial charge on any atom is 0.416 e. The van der Waals surface area contributed by atoms with Crippen molar-refractivity contribution in [1.29, 1.82) is 0 Å². The Hall–Kier alpha value is -1.08. The molecule has 1 rings (SSSR count). The van der Waals surface area contributed by atoms with Gasteiger partial charge in [0.2, 0.25) is 0 Å². The van der Waals surface area contributed by atoms with Gasteiger partial charge in [-0.05, 0) is 69.2 Å². The first kappa shape index (κ1) is 21.0. The largest absolute Gasteiger partial charge is 0.416 e. The van der Waals surface area contributed by atoms with Crippen LogP contribution in [0.1, 0.15) is 49.2 Å². The number of halogens is 3. The predicted octanol–water partition coefficient (Wildman–Crippen LogP) is 6.13. The molecule has 0 radical (unpaired) electrons. The number of benzene rings is 1. The third kappa shape index (κ3) is 5.77. The minimum Gasteiger partial charge on any atom is -0.272 e. The van der Waals surface area contributed by atoms with Crippen molar-refractivity contribution in [1.82, 2.24) is 4.31 Å². The molecular weight excluding hydrogens is 355 g/mol. The van der Waals surface area contributed by atoms with Gasteiger partial charge in [0.25, 0.3) is 5.91 Å². The number of alkyl halides is 3. The van der Waals surface area contributed by atoms with Gasteiger partial charge in [0.05, 0.1) is 9.80 Å². The second-order valence-electron chi connectivity index (χ2n) is 6.25. The number of hydrogen-bond acceptors (Lipinski definition) is 3. The van der Waals surface area contributed by atoms with Crippen molar-refractivity contribution >= 4 is 29.6 Å². The summed E-state index contributed by atoms with van der Waals surface area (Å²) < 4.78 is 41.2. The van der Waals surface area contributed by atoms with Crippen LogP contribution in [-0.2, 0) is 6.18 Å². The van der Waals surface area contributed by atoms with Crippen LogP contribution >= 0.6 is 23.7 Å². The molecule has 0 unspecified atom stereocenters. The monoisotopic (exact) mass is 377 g/mol. The van der Waals surface area contributed by atoms with Gasteiger partial charge < -0.3 is 0 Å². The van der Waals surface area contributed by atoms with E-state index >= 15 is 0 Å². The summed E-state index contributed by atoms with van der Waals surface area (Å²) in [6, 6.07) is 3.42. The molecule has 1 aromatic carbocycles. The highest BCUT2D eigenvalue weighted by Crippen LogP contribution is 2.37. The van der Waals surface area contributed by atoms with Crippen LogP contribution in [0.2, 0.25) is 0 Å². The topological polar surface area (TPSA) is 20.3 Å². The lowest BCUT2D eigenvalue weighted by Gasteiger charge is -2.34. The van der Waals surface area contributed by atoms with E-state index in [-0.39, 0.29) is 5.56 Å². The van der Waals surface area contributed by atoms with Gasteiger partial charge in [-0.2, -0.15) is 13.2 Å². The number of carbonyl (C=O) groups is 1. The molecule has 2 nitrogen and oxygen atoms in total. The molecule has 0 spiro atoms. The number of amides is 1. The minimum absolute atomic E-state index is 0.0269. The summed E-state index contributed by atoms with van der Waals surface area (Å²) in [6.45, 7) is 12.9. The molecule has 0 fully saturated rings. The Labute approximate surface area is 150 Å². The molecular formula is C17H22F3NOS2. The Bertz CT molecular complexity index is 621. The highest BCUT2D eigenvalue weighted by molar-refractivity contribution is 8.21. The molecule has 0 saturated carbocycles. The maximum absolute atomic E-state index is 13.0. The van der Waals surface area contributed by atoms with Gasteiger partial charge >= 0.3 is 6.18 Å². The molecule has 24 heavy (non-hydrogen) atoms. The van der Waals surface area contributed by atoms with Crippen LogP contribution in [0.15, 0.2) is 29.0 Å². The number of rotatable bonds is 5. The zero-order chi connectivity index (χ0) is 18.7. The van der Waals surface area contributed by atoms with E-state index in [9.17, 15) is 18.0 Å². The molecule has 0 bridgehead atoms. The molecule has 0 saturated heterocycles. The van der Waals surface area contributed by atoms with Gasteiger partial charge in [-0.3, -0.25) is 9.10 Å². The van der Waals surface area contributed by atoms with E-state index in [4.69, 9.17) is 0 Å². The van der Waals surface area contributed by atoms with Crippen LogP contribution < -0.4 is 0 Å². The van der Waals surface area contributed by atoms with Gasteiger partial charge in [-0.1, -0.05) is 13.5 Å². The van der Waals surface area contributed by atoms with Gasteiger partial charge in [0, 0.05) is 11.1 Å². The first-order valence-corrected chi connectivity index (χ1v) is 9.15. The van der Waals surface area contributed by atoms with E-state index in [0.29, 0.717) is 5.56 Å². The predicted molar refractivity (Wildman–Crippen MR) is 97.0 cm³/mol. The van der Waals surface area contributed by atoms with Crippen molar-refractivity contribution in [2.24, 2.45) is 0 Å². The zero-order valence-electron chi connectivity index (χ0n) is 14.5.